The molecule has 3 atom stereocenters. The molecule has 0 aromatic carbocycles. The summed E-state index contributed by atoms with van der Waals surface area (Å²) in [6.45, 7) is 4.86. The van der Waals surface area contributed by atoms with Gasteiger partial charge in [0.15, 0.2) is 0 Å². The van der Waals surface area contributed by atoms with E-state index in [2.05, 4.69) is 43.5 Å². The fraction of sp³-hybridized carbons (Fsp3) is 0.897. The van der Waals surface area contributed by atoms with Gasteiger partial charge in [-0.25, -0.2) is 4.57 Å². The van der Waals surface area contributed by atoms with E-state index in [1.165, 1.54) is 276 Å². The van der Waals surface area contributed by atoms with Crippen molar-refractivity contribution < 1.29 is 32.9 Å². The van der Waals surface area contributed by atoms with E-state index < -0.39 is 20.0 Å². The lowest BCUT2D eigenvalue weighted by molar-refractivity contribution is -0.870. The van der Waals surface area contributed by atoms with Crippen LogP contribution in [0.3, 0.4) is 0 Å². The van der Waals surface area contributed by atoms with Gasteiger partial charge in [0.1, 0.15) is 13.2 Å². The van der Waals surface area contributed by atoms with Gasteiger partial charge in [0.05, 0.1) is 39.9 Å². The summed E-state index contributed by atoms with van der Waals surface area (Å²) >= 11 is 0. The highest BCUT2D eigenvalue weighted by Crippen LogP contribution is 2.43. The van der Waals surface area contributed by atoms with Crippen molar-refractivity contribution in [3.8, 4) is 0 Å². The predicted octanol–water partition coefficient (Wildman–Crippen LogP) is 21.3. The Hall–Kier alpha value is -1.28. The van der Waals surface area contributed by atoms with Crippen LogP contribution in [0.2, 0.25) is 0 Å². The van der Waals surface area contributed by atoms with Crippen LogP contribution in [0.5, 0.6) is 0 Å². The quantitative estimate of drug-likeness (QED) is 0.0243. The molecule has 9 heteroatoms. The molecule has 0 aromatic heterocycles. The van der Waals surface area contributed by atoms with Crippen molar-refractivity contribution in [2.24, 2.45) is 0 Å². The maximum atomic E-state index is 13.0. The summed E-state index contributed by atoms with van der Waals surface area (Å²) in [5.41, 5.74) is 0. The lowest BCUT2D eigenvalue weighted by Gasteiger charge is -2.25. The third-order valence-electron chi connectivity index (χ3n) is 15.6. The first-order valence-corrected chi connectivity index (χ1v) is 35.4. The molecule has 0 saturated carbocycles. The number of nitrogens with one attached hydrogen (secondary N) is 1. The molecule has 0 fully saturated rings. The summed E-state index contributed by atoms with van der Waals surface area (Å²) in [7, 11) is 1.59. The SMILES string of the molecule is CCCCCCCCCCCCCCC/C=C\C/C=C\CCCCCCCCCCCCCCCCCCCC(=O)NC(COP(=O)(O)OCC[N+](C)(C)C)C(O)/C=C/CCCCCCCCCCCCCCCCCC. The molecule has 0 radical (unpaired) electrons. The van der Waals surface area contributed by atoms with Crippen molar-refractivity contribution in [3.05, 3.63) is 36.5 Å². The van der Waals surface area contributed by atoms with E-state index >= 15 is 0 Å². The van der Waals surface area contributed by atoms with Gasteiger partial charge >= 0.3 is 7.82 Å². The first-order chi connectivity index (χ1) is 37.5. The van der Waals surface area contributed by atoms with Crippen molar-refractivity contribution >= 4 is 13.7 Å². The second-order valence-corrected chi connectivity index (χ2v) is 26.0. The smallest absolute Gasteiger partial charge is 0.387 e. The molecule has 0 saturated heterocycles. The van der Waals surface area contributed by atoms with Gasteiger partial charge in [-0.05, 0) is 51.4 Å². The zero-order valence-electron chi connectivity index (χ0n) is 52.2. The third kappa shape index (κ3) is 62.2. The van der Waals surface area contributed by atoms with E-state index in [1.54, 1.807) is 6.08 Å². The largest absolute Gasteiger partial charge is 0.472 e. The van der Waals surface area contributed by atoms with Crippen molar-refractivity contribution in [2.75, 3.05) is 40.9 Å². The summed E-state index contributed by atoms with van der Waals surface area (Å²) in [6.07, 6.45) is 78.6. The van der Waals surface area contributed by atoms with E-state index in [9.17, 15) is 19.4 Å². The van der Waals surface area contributed by atoms with Crippen molar-refractivity contribution in [2.45, 2.75) is 353 Å². The number of aliphatic hydroxyl groups excluding tert-OH is 1. The van der Waals surface area contributed by atoms with Gasteiger partial charge in [0.2, 0.25) is 5.91 Å². The number of likely N-dealkylation sites (N-methyl/N-ethyl adjacent to an activating group) is 1. The fourth-order valence-electron chi connectivity index (χ4n) is 10.3. The Kier molecular flexibility index (Phi) is 58.4. The monoisotopic (exact) mass is 1110 g/mol. The van der Waals surface area contributed by atoms with Gasteiger partial charge in [-0.1, -0.05) is 320 Å². The molecule has 0 spiro atoms. The number of rotatable bonds is 63. The molecule has 0 aliphatic carbocycles. The number of amides is 1. The Morgan fingerprint density at radius 3 is 1.06 bits per heavy atom. The number of nitrogens with zero attached hydrogens (tertiary/aromatic N) is 1. The number of phosphoric ester groups is 1. The molecule has 0 aromatic rings. The second kappa shape index (κ2) is 59.3. The van der Waals surface area contributed by atoms with Gasteiger partial charge in [0, 0.05) is 6.42 Å². The van der Waals surface area contributed by atoms with E-state index in [-0.39, 0.29) is 19.1 Å². The Bertz CT molecular complexity index is 1350. The molecule has 3 unspecified atom stereocenters. The highest BCUT2D eigenvalue weighted by atomic mass is 31.2. The molecule has 456 valence electrons. The fourth-order valence-corrected chi connectivity index (χ4v) is 11.0. The normalized spacial score (nSPS) is 13.9. The topological polar surface area (TPSA) is 105 Å². The van der Waals surface area contributed by atoms with Gasteiger partial charge in [0.25, 0.3) is 0 Å². The Balaban J connectivity index is 3.97. The van der Waals surface area contributed by atoms with E-state index in [1.807, 2.05) is 27.2 Å². The average molecular weight is 1110 g/mol. The maximum Gasteiger partial charge on any atom is 0.472 e. The van der Waals surface area contributed by atoms with Crippen LogP contribution in [0.4, 0.5) is 0 Å². The number of hydrogen-bond acceptors (Lipinski definition) is 5. The van der Waals surface area contributed by atoms with Crippen LogP contribution >= 0.6 is 7.82 Å². The zero-order valence-corrected chi connectivity index (χ0v) is 53.1. The summed E-state index contributed by atoms with van der Waals surface area (Å²) in [5, 5.41) is 14.0. The van der Waals surface area contributed by atoms with E-state index in [4.69, 9.17) is 9.05 Å². The summed E-state index contributed by atoms with van der Waals surface area (Å²) in [6, 6.07) is -0.846. The molecule has 1 amide bonds. The van der Waals surface area contributed by atoms with Crippen LogP contribution in [-0.4, -0.2) is 73.4 Å². The lowest BCUT2D eigenvalue weighted by Crippen LogP contribution is -2.45. The van der Waals surface area contributed by atoms with Crippen molar-refractivity contribution in [3.63, 3.8) is 0 Å². The minimum absolute atomic E-state index is 0.0631. The Morgan fingerprint density at radius 2 is 0.740 bits per heavy atom. The number of phosphoric acid groups is 1. The standard InChI is InChI=1S/C68H133N2O6P/c1-6-8-10-12-14-16-18-20-22-24-26-27-28-29-30-31-32-33-34-35-36-37-38-39-40-41-42-43-44-46-48-50-52-54-56-58-60-62-68(72)69-66(65-76-77(73,74)75-64-63-70(3,4)5)67(71)61-59-57-55-53-51-49-47-45-25-23-21-19-17-15-13-11-9-7-2/h30-31,33-34,59,61,66-67,71H,6-29,32,35-58,60,62-65H2,1-5H3,(H-,69,72,73,74)/p+1/b31-30-,34-33-,61-59+. The van der Waals surface area contributed by atoms with Crippen LogP contribution in [0.1, 0.15) is 341 Å². The van der Waals surface area contributed by atoms with Crippen molar-refractivity contribution in [1.29, 1.82) is 0 Å². The molecule has 0 bridgehead atoms. The minimum atomic E-state index is -4.35. The van der Waals surface area contributed by atoms with Crippen LogP contribution < -0.4 is 5.32 Å². The zero-order chi connectivity index (χ0) is 56.3. The van der Waals surface area contributed by atoms with Gasteiger partial charge in [-0.15, -0.1) is 0 Å². The van der Waals surface area contributed by atoms with Crippen LogP contribution in [0, 0.1) is 0 Å². The van der Waals surface area contributed by atoms with Gasteiger partial charge in [-0.3, -0.25) is 13.8 Å². The average Bonchev–Trinajstić information content (AvgIpc) is 3.39. The number of aliphatic hydroxyl groups is 1. The number of allylic oxidation sites excluding steroid dienone is 5. The molecule has 0 aliphatic heterocycles. The summed E-state index contributed by atoms with van der Waals surface area (Å²) in [5.74, 6) is -0.172. The molecule has 77 heavy (non-hydrogen) atoms. The molecule has 0 heterocycles. The maximum absolute atomic E-state index is 13.0. The number of carbonyl (C=O) groups excluding carboxylic acids is 1. The first kappa shape index (κ1) is 75.7. The van der Waals surface area contributed by atoms with Crippen LogP contribution in [0.25, 0.3) is 0 Å². The third-order valence-corrected chi connectivity index (χ3v) is 16.6. The highest BCUT2D eigenvalue weighted by Gasteiger charge is 2.28. The predicted molar refractivity (Wildman–Crippen MR) is 337 cm³/mol. The second-order valence-electron chi connectivity index (χ2n) is 24.6. The molecular weight excluding hydrogens is 972 g/mol. The number of unbranched alkanes of at least 4 members (excludes halogenated alkanes) is 46. The highest BCUT2D eigenvalue weighted by molar-refractivity contribution is 7.47. The summed E-state index contributed by atoms with van der Waals surface area (Å²) in [4.78, 5) is 23.4. The summed E-state index contributed by atoms with van der Waals surface area (Å²) < 4.78 is 23.8. The number of carbonyl (C=O) groups is 1. The van der Waals surface area contributed by atoms with Crippen molar-refractivity contribution in [1.82, 2.24) is 5.32 Å². The van der Waals surface area contributed by atoms with Gasteiger partial charge < -0.3 is 19.8 Å². The Labute approximate surface area is 480 Å². The molecule has 0 aliphatic rings. The van der Waals surface area contributed by atoms with Crippen LogP contribution in [-0.2, 0) is 18.4 Å². The van der Waals surface area contributed by atoms with Gasteiger partial charge in [-0.2, -0.15) is 0 Å². The molecule has 8 nitrogen and oxygen atoms in total. The lowest BCUT2D eigenvalue weighted by atomic mass is 10.0. The Morgan fingerprint density at radius 1 is 0.442 bits per heavy atom. The minimum Gasteiger partial charge on any atom is -0.387 e. The molecular formula is C68H134N2O6P+. The first-order valence-electron chi connectivity index (χ1n) is 33.9. The molecule has 0 rings (SSSR count). The van der Waals surface area contributed by atoms with E-state index in [0.717, 1.165) is 44.9 Å². The number of hydrogen-bond donors (Lipinski definition) is 3. The van der Waals surface area contributed by atoms with Crippen LogP contribution in [0.15, 0.2) is 36.5 Å². The number of quaternary nitrogens is 1. The van der Waals surface area contributed by atoms with E-state index in [0.29, 0.717) is 17.4 Å². The molecule has 3 N–H and O–H groups in total.